The van der Waals surface area contributed by atoms with E-state index >= 15 is 0 Å². The second-order valence-electron chi connectivity index (χ2n) is 2.66. The minimum atomic E-state index is -5.91. The Balaban J connectivity index is 3.98. The minimum absolute atomic E-state index is 0.0917. The van der Waals surface area contributed by atoms with Gasteiger partial charge in [0.2, 0.25) is 0 Å². The van der Waals surface area contributed by atoms with Gasteiger partial charge in [-0.25, -0.2) is 0 Å². The summed E-state index contributed by atoms with van der Waals surface area (Å²) in [5, 5.41) is 9.60. The van der Waals surface area contributed by atoms with Crippen molar-refractivity contribution < 1.29 is 36.6 Å². The van der Waals surface area contributed by atoms with Gasteiger partial charge in [0.1, 0.15) is 0 Å². The molecule has 2 N–H and O–H groups in total. The number of aliphatic hydroxyl groups excluding tert-OH is 1. The van der Waals surface area contributed by atoms with Crippen LogP contribution in [0.4, 0.5) is 22.0 Å². The number of ether oxygens (including phenoxy) is 1. The molecule has 0 rings (SSSR count). The highest BCUT2D eigenvalue weighted by atomic mass is 19.4. The number of aliphatic hydroxyl groups is 1. The average molecular weight is 251 g/mol. The number of halogens is 5. The molecule has 16 heavy (non-hydrogen) atoms. The highest BCUT2D eigenvalue weighted by Gasteiger charge is 2.63. The van der Waals surface area contributed by atoms with Gasteiger partial charge in [-0.1, -0.05) is 0 Å². The van der Waals surface area contributed by atoms with Gasteiger partial charge in [0, 0.05) is 6.54 Å². The maximum atomic E-state index is 12.3. The fourth-order valence-corrected chi connectivity index (χ4v) is 0.643. The number of hydrogen-bond acceptors (Lipinski definition) is 3. The predicted octanol–water partition coefficient (Wildman–Crippen LogP) is 0.309. The minimum Gasteiger partial charge on any atom is -0.394 e. The molecule has 9 heteroatoms. The van der Waals surface area contributed by atoms with E-state index in [-0.39, 0.29) is 19.8 Å². The first-order chi connectivity index (χ1) is 7.23. The zero-order valence-electron chi connectivity index (χ0n) is 7.98. The van der Waals surface area contributed by atoms with Crippen LogP contribution in [-0.4, -0.2) is 49.5 Å². The average Bonchev–Trinajstić information content (AvgIpc) is 2.15. The zero-order valence-corrected chi connectivity index (χ0v) is 7.98. The van der Waals surface area contributed by atoms with Crippen LogP contribution in [0.25, 0.3) is 0 Å². The highest BCUT2D eigenvalue weighted by molar-refractivity contribution is 5.84. The van der Waals surface area contributed by atoms with Crippen LogP contribution in [0.2, 0.25) is 0 Å². The molecular formula is C7H10F5NO3. The Morgan fingerprint density at radius 2 is 1.75 bits per heavy atom. The van der Waals surface area contributed by atoms with Gasteiger partial charge >= 0.3 is 12.1 Å². The Bertz CT molecular complexity index is 231. The lowest BCUT2D eigenvalue weighted by molar-refractivity contribution is -0.269. The second kappa shape index (κ2) is 5.94. The Labute approximate surface area is 87.4 Å². The van der Waals surface area contributed by atoms with Crippen LogP contribution in [-0.2, 0) is 9.53 Å². The fraction of sp³-hybridized carbons (Fsp3) is 0.857. The molecule has 0 spiro atoms. The summed E-state index contributed by atoms with van der Waals surface area (Å²) in [5.74, 6) is -7.84. The van der Waals surface area contributed by atoms with Gasteiger partial charge in [0.25, 0.3) is 5.91 Å². The lowest BCUT2D eigenvalue weighted by Gasteiger charge is -2.18. The van der Waals surface area contributed by atoms with Crippen LogP contribution < -0.4 is 5.32 Å². The van der Waals surface area contributed by atoms with Crippen molar-refractivity contribution in [2.24, 2.45) is 0 Å². The first-order valence-corrected chi connectivity index (χ1v) is 4.15. The van der Waals surface area contributed by atoms with Crippen molar-refractivity contribution in [3.63, 3.8) is 0 Å². The van der Waals surface area contributed by atoms with Crippen LogP contribution in [0, 0.1) is 0 Å². The summed E-state index contributed by atoms with van der Waals surface area (Å²) in [6, 6.07) is 0. The summed E-state index contributed by atoms with van der Waals surface area (Å²) in [6.45, 7) is -1.16. The van der Waals surface area contributed by atoms with E-state index < -0.39 is 24.6 Å². The van der Waals surface area contributed by atoms with Crippen molar-refractivity contribution in [1.82, 2.24) is 5.32 Å². The van der Waals surface area contributed by atoms with E-state index in [1.165, 1.54) is 5.32 Å². The van der Waals surface area contributed by atoms with Crippen LogP contribution in [0.15, 0.2) is 0 Å². The molecule has 1 amide bonds. The second-order valence-corrected chi connectivity index (χ2v) is 2.66. The van der Waals surface area contributed by atoms with Crippen molar-refractivity contribution in [2.75, 3.05) is 26.4 Å². The number of carbonyl (C=O) groups is 1. The Morgan fingerprint density at radius 3 is 2.19 bits per heavy atom. The zero-order chi connectivity index (χ0) is 12.8. The molecule has 4 nitrogen and oxygen atoms in total. The molecule has 96 valence electrons. The molecule has 0 heterocycles. The molecule has 0 aliphatic rings. The molecule has 0 unspecified atom stereocenters. The van der Waals surface area contributed by atoms with E-state index in [9.17, 15) is 26.7 Å². The standard InChI is InChI=1S/C7H10F5NO3/c8-6(9,7(10,11)12)5(15)13-1-3-16-4-2-14/h14H,1-4H2,(H,13,15). The summed E-state index contributed by atoms with van der Waals surface area (Å²) in [6.07, 6.45) is -5.91. The van der Waals surface area contributed by atoms with Gasteiger partial charge in [0.15, 0.2) is 0 Å². The number of alkyl halides is 5. The van der Waals surface area contributed by atoms with E-state index in [0.29, 0.717) is 0 Å². The van der Waals surface area contributed by atoms with Crippen molar-refractivity contribution >= 4 is 5.91 Å². The van der Waals surface area contributed by atoms with Gasteiger partial charge < -0.3 is 15.2 Å². The van der Waals surface area contributed by atoms with E-state index in [2.05, 4.69) is 4.74 Å². The molecular weight excluding hydrogens is 241 g/mol. The molecule has 0 saturated carbocycles. The van der Waals surface area contributed by atoms with E-state index in [4.69, 9.17) is 5.11 Å². The SMILES string of the molecule is O=C(NCCOCCO)C(F)(F)C(F)(F)F. The maximum Gasteiger partial charge on any atom is 0.463 e. The van der Waals surface area contributed by atoms with Crippen LogP contribution in [0.3, 0.4) is 0 Å². The van der Waals surface area contributed by atoms with Gasteiger partial charge in [-0.15, -0.1) is 0 Å². The Kier molecular flexibility index (Phi) is 5.59. The van der Waals surface area contributed by atoms with Crippen LogP contribution >= 0.6 is 0 Å². The van der Waals surface area contributed by atoms with Gasteiger partial charge in [-0.05, 0) is 0 Å². The molecule has 0 atom stereocenters. The third kappa shape index (κ3) is 4.27. The first kappa shape index (κ1) is 15.0. The molecule has 0 fully saturated rings. The largest absolute Gasteiger partial charge is 0.463 e. The Hall–Kier alpha value is -0.960. The number of amides is 1. The summed E-state index contributed by atoms with van der Waals surface area (Å²) < 4.78 is 64.0. The van der Waals surface area contributed by atoms with Gasteiger partial charge in [0.05, 0.1) is 19.8 Å². The third-order valence-electron chi connectivity index (χ3n) is 1.41. The molecule has 0 aromatic rings. The topological polar surface area (TPSA) is 58.6 Å². The first-order valence-electron chi connectivity index (χ1n) is 4.15. The molecule has 0 saturated heterocycles. The summed E-state index contributed by atoms with van der Waals surface area (Å²) in [5.41, 5.74) is 0. The van der Waals surface area contributed by atoms with Gasteiger partial charge in [-0.2, -0.15) is 22.0 Å². The highest BCUT2D eigenvalue weighted by Crippen LogP contribution is 2.35. The summed E-state index contributed by atoms with van der Waals surface area (Å²) in [7, 11) is 0. The van der Waals surface area contributed by atoms with Crippen molar-refractivity contribution in [3.05, 3.63) is 0 Å². The summed E-state index contributed by atoms with van der Waals surface area (Å²) >= 11 is 0. The van der Waals surface area contributed by atoms with Crippen molar-refractivity contribution in [2.45, 2.75) is 12.1 Å². The number of nitrogens with one attached hydrogen (secondary N) is 1. The van der Waals surface area contributed by atoms with Crippen molar-refractivity contribution in [1.29, 1.82) is 0 Å². The van der Waals surface area contributed by atoms with E-state index in [1.54, 1.807) is 0 Å². The summed E-state index contributed by atoms with van der Waals surface area (Å²) in [4.78, 5) is 10.5. The quantitative estimate of drug-likeness (QED) is 0.527. The van der Waals surface area contributed by atoms with E-state index in [0.717, 1.165) is 0 Å². The monoisotopic (exact) mass is 251 g/mol. The molecule has 0 aliphatic carbocycles. The van der Waals surface area contributed by atoms with Crippen LogP contribution in [0.5, 0.6) is 0 Å². The number of hydrogen-bond donors (Lipinski definition) is 2. The number of carbonyl (C=O) groups excluding carboxylic acids is 1. The van der Waals surface area contributed by atoms with Gasteiger partial charge in [-0.3, -0.25) is 4.79 Å². The molecule has 0 aromatic heterocycles. The fourth-order valence-electron chi connectivity index (χ4n) is 0.643. The lowest BCUT2D eigenvalue weighted by Crippen LogP contribution is -2.51. The lowest BCUT2D eigenvalue weighted by atomic mass is 10.3. The number of rotatable bonds is 6. The normalized spacial score (nSPS) is 12.6. The predicted molar refractivity (Wildman–Crippen MR) is 41.9 cm³/mol. The Morgan fingerprint density at radius 1 is 1.19 bits per heavy atom. The smallest absolute Gasteiger partial charge is 0.394 e. The molecule has 0 aliphatic heterocycles. The molecule has 0 aromatic carbocycles. The van der Waals surface area contributed by atoms with Crippen LogP contribution in [0.1, 0.15) is 0 Å². The maximum absolute atomic E-state index is 12.3. The third-order valence-corrected chi connectivity index (χ3v) is 1.41. The molecule has 0 radical (unpaired) electrons. The van der Waals surface area contributed by atoms with Crippen molar-refractivity contribution in [3.8, 4) is 0 Å². The molecule has 0 bridgehead atoms. The van der Waals surface area contributed by atoms with E-state index in [1.807, 2.05) is 0 Å².